The fourth-order valence-corrected chi connectivity index (χ4v) is 4.52. The molecule has 0 saturated carbocycles. The smallest absolute Gasteiger partial charge is 0.240 e. The van der Waals surface area contributed by atoms with Crippen LogP contribution in [0.2, 0.25) is 0 Å². The van der Waals surface area contributed by atoms with Crippen molar-refractivity contribution in [1.82, 2.24) is 19.5 Å². The largest absolute Gasteiger partial charge is 0.305 e. The van der Waals surface area contributed by atoms with E-state index in [4.69, 9.17) is 0 Å². The second-order valence-electron chi connectivity index (χ2n) is 6.20. The molecule has 0 saturated heterocycles. The third-order valence-electron chi connectivity index (χ3n) is 4.14. The fourth-order valence-electron chi connectivity index (χ4n) is 2.56. The van der Waals surface area contributed by atoms with Crippen LogP contribution < -0.4 is 4.72 Å². The molecule has 1 aromatic heterocycles. The lowest BCUT2D eigenvalue weighted by Crippen LogP contribution is -2.25. The Balaban J connectivity index is 1.67. The molecule has 0 aliphatic carbocycles. The van der Waals surface area contributed by atoms with E-state index in [-0.39, 0.29) is 17.3 Å². The van der Waals surface area contributed by atoms with Crippen molar-refractivity contribution in [2.24, 2.45) is 0 Å². The lowest BCUT2D eigenvalue weighted by Gasteiger charge is -2.09. The molecule has 6 nitrogen and oxygen atoms in total. The monoisotopic (exact) mass is 420 g/mol. The maximum atomic E-state index is 13.0. The highest BCUT2D eigenvalue weighted by Gasteiger charge is 2.17. The van der Waals surface area contributed by atoms with Gasteiger partial charge >= 0.3 is 0 Å². The molecule has 3 rings (SSSR count). The number of hydrogen-bond donors (Lipinski definition) is 1. The summed E-state index contributed by atoms with van der Waals surface area (Å²) in [6.07, 6.45) is 0. The highest BCUT2D eigenvalue weighted by Crippen LogP contribution is 2.22. The Morgan fingerprint density at radius 1 is 1.07 bits per heavy atom. The molecule has 1 N–H and O–H groups in total. The zero-order chi connectivity index (χ0) is 20.1. The zero-order valence-corrected chi connectivity index (χ0v) is 17.2. The van der Waals surface area contributed by atoms with Crippen LogP contribution in [0.1, 0.15) is 23.9 Å². The van der Waals surface area contributed by atoms with Crippen LogP contribution in [-0.4, -0.2) is 23.2 Å². The minimum atomic E-state index is -3.62. The van der Waals surface area contributed by atoms with E-state index in [1.807, 2.05) is 18.4 Å². The first-order chi connectivity index (χ1) is 13.4. The van der Waals surface area contributed by atoms with Crippen LogP contribution >= 0.6 is 11.8 Å². The Morgan fingerprint density at radius 2 is 1.75 bits per heavy atom. The van der Waals surface area contributed by atoms with E-state index >= 15 is 0 Å². The third kappa shape index (κ3) is 4.98. The van der Waals surface area contributed by atoms with E-state index in [1.165, 1.54) is 23.9 Å². The minimum absolute atomic E-state index is 0.0498. The lowest BCUT2D eigenvalue weighted by molar-refractivity contribution is 0.572. The predicted molar refractivity (Wildman–Crippen MR) is 107 cm³/mol. The van der Waals surface area contributed by atoms with Crippen molar-refractivity contribution < 1.29 is 12.8 Å². The molecule has 0 atom stereocenters. The molecule has 148 valence electrons. The van der Waals surface area contributed by atoms with Crippen LogP contribution in [0.3, 0.4) is 0 Å². The third-order valence-corrected chi connectivity index (χ3v) is 6.60. The van der Waals surface area contributed by atoms with Gasteiger partial charge in [0.15, 0.2) is 5.16 Å². The van der Waals surface area contributed by atoms with E-state index < -0.39 is 10.0 Å². The first kappa shape index (κ1) is 20.5. The SMILES string of the molecule is CCn1c(CNS(=O)(=O)c2ccc(C)cc2)nnc1SCc1ccc(F)cc1. The van der Waals surface area contributed by atoms with Gasteiger partial charge in [0.1, 0.15) is 11.6 Å². The summed E-state index contributed by atoms with van der Waals surface area (Å²) >= 11 is 1.47. The van der Waals surface area contributed by atoms with Crippen molar-refractivity contribution in [3.8, 4) is 0 Å². The molecule has 1 heterocycles. The number of halogens is 1. The molecule has 0 fully saturated rings. The number of nitrogens with zero attached hydrogens (tertiary/aromatic N) is 3. The number of aromatic nitrogens is 3. The Labute approximate surface area is 168 Å². The van der Waals surface area contributed by atoms with Gasteiger partial charge in [-0.3, -0.25) is 0 Å². The number of thioether (sulfide) groups is 1. The van der Waals surface area contributed by atoms with Gasteiger partial charge in [0, 0.05) is 12.3 Å². The summed E-state index contributed by atoms with van der Waals surface area (Å²) < 4.78 is 42.4. The van der Waals surface area contributed by atoms with Gasteiger partial charge < -0.3 is 4.57 Å². The molecular formula is C19H21FN4O2S2. The van der Waals surface area contributed by atoms with Gasteiger partial charge in [0.05, 0.1) is 11.4 Å². The van der Waals surface area contributed by atoms with Crippen molar-refractivity contribution in [2.75, 3.05) is 0 Å². The Hall–Kier alpha value is -2.23. The van der Waals surface area contributed by atoms with Gasteiger partial charge in [0.25, 0.3) is 0 Å². The molecular weight excluding hydrogens is 399 g/mol. The second kappa shape index (κ2) is 8.85. The molecule has 9 heteroatoms. The average molecular weight is 421 g/mol. The number of aryl methyl sites for hydroxylation is 1. The van der Waals surface area contributed by atoms with E-state index in [9.17, 15) is 12.8 Å². The molecule has 0 unspecified atom stereocenters. The van der Waals surface area contributed by atoms with Crippen LogP contribution in [0.4, 0.5) is 4.39 Å². The number of benzene rings is 2. The van der Waals surface area contributed by atoms with Crippen molar-refractivity contribution in [2.45, 2.75) is 42.7 Å². The highest BCUT2D eigenvalue weighted by molar-refractivity contribution is 7.98. The lowest BCUT2D eigenvalue weighted by atomic mass is 10.2. The first-order valence-electron chi connectivity index (χ1n) is 8.74. The number of nitrogens with one attached hydrogen (secondary N) is 1. The number of hydrogen-bond acceptors (Lipinski definition) is 5. The van der Waals surface area contributed by atoms with Gasteiger partial charge in [-0.05, 0) is 43.7 Å². The minimum Gasteiger partial charge on any atom is -0.305 e. The van der Waals surface area contributed by atoms with E-state index in [0.29, 0.717) is 23.3 Å². The van der Waals surface area contributed by atoms with Crippen LogP contribution in [-0.2, 0) is 28.9 Å². The maximum absolute atomic E-state index is 13.0. The summed E-state index contributed by atoms with van der Waals surface area (Å²) in [5.41, 5.74) is 1.96. The normalized spacial score (nSPS) is 11.7. The molecule has 0 bridgehead atoms. The van der Waals surface area contributed by atoms with Crippen LogP contribution in [0.5, 0.6) is 0 Å². The van der Waals surface area contributed by atoms with Crippen molar-refractivity contribution in [3.05, 3.63) is 71.3 Å². The molecule has 3 aromatic rings. The van der Waals surface area contributed by atoms with Gasteiger partial charge in [0.2, 0.25) is 10.0 Å². The van der Waals surface area contributed by atoms with Gasteiger partial charge in [-0.25, -0.2) is 17.5 Å². The summed E-state index contributed by atoms with van der Waals surface area (Å²) in [4.78, 5) is 0.214. The van der Waals surface area contributed by atoms with Crippen molar-refractivity contribution in [1.29, 1.82) is 0 Å². The Bertz CT molecular complexity index is 1030. The van der Waals surface area contributed by atoms with Crippen LogP contribution in [0, 0.1) is 12.7 Å². The summed E-state index contributed by atoms with van der Waals surface area (Å²) in [7, 11) is -3.62. The maximum Gasteiger partial charge on any atom is 0.240 e. The summed E-state index contributed by atoms with van der Waals surface area (Å²) in [6.45, 7) is 4.51. The van der Waals surface area contributed by atoms with Crippen molar-refractivity contribution in [3.63, 3.8) is 0 Å². The quantitative estimate of drug-likeness (QED) is 0.564. The van der Waals surface area contributed by atoms with E-state index in [2.05, 4.69) is 14.9 Å². The van der Waals surface area contributed by atoms with E-state index in [0.717, 1.165) is 11.1 Å². The number of sulfonamides is 1. The predicted octanol–water partition coefficient (Wildman–Crippen LogP) is 3.52. The second-order valence-corrected chi connectivity index (χ2v) is 8.91. The summed E-state index contributed by atoms with van der Waals surface area (Å²) in [5, 5.41) is 8.99. The first-order valence-corrected chi connectivity index (χ1v) is 11.2. The Kier molecular flexibility index (Phi) is 6.48. The van der Waals surface area contributed by atoms with Gasteiger partial charge in [-0.15, -0.1) is 10.2 Å². The van der Waals surface area contributed by atoms with Crippen LogP contribution in [0.15, 0.2) is 58.6 Å². The molecule has 28 heavy (non-hydrogen) atoms. The molecule has 0 radical (unpaired) electrons. The molecule has 0 amide bonds. The molecule has 2 aromatic carbocycles. The molecule has 0 spiro atoms. The van der Waals surface area contributed by atoms with Gasteiger partial charge in [-0.2, -0.15) is 0 Å². The van der Waals surface area contributed by atoms with E-state index in [1.54, 1.807) is 36.4 Å². The van der Waals surface area contributed by atoms with Crippen LogP contribution in [0.25, 0.3) is 0 Å². The summed E-state index contributed by atoms with van der Waals surface area (Å²) in [6, 6.07) is 13.0. The standard InChI is InChI=1S/C19H21FN4O2S2/c1-3-24-18(12-21-28(25,26)17-10-4-14(2)5-11-17)22-23-19(24)27-13-15-6-8-16(20)9-7-15/h4-11,21H,3,12-13H2,1-2H3. The highest BCUT2D eigenvalue weighted by atomic mass is 32.2. The topological polar surface area (TPSA) is 76.9 Å². The zero-order valence-electron chi connectivity index (χ0n) is 15.6. The molecule has 0 aliphatic rings. The number of rotatable bonds is 8. The average Bonchev–Trinajstić information content (AvgIpc) is 3.08. The van der Waals surface area contributed by atoms with Crippen molar-refractivity contribution >= 4 is 21.8 Å². The Morgan fingerprint density at radius 3 is 2.39 bits per heavy atom. The molecule has 0 aliphatic heterocycles. The van der Waals surface area contributed by atoms with Gasteiger partial charge in [-0.1, -0.05) is 41.6 Å². The fraction of sp³-hybridized carbons (Fsp3) is 0.263. The summed E-state index contributed by atoms with van der Waals surface area (Å²) in [5.74, 6) is 0.890.